The molecule has 0 aliphatic carbocycles. The Morgan fingerprint density at radius 2 is 1.76 bits per heavy atom. The van der Waals surface area contributed by atoms with E-state index in [1.807, 2.05) is 12.1 Å². The van der Waals surface area contributed by atoms with Crippen LogP contribution in [0, 0.1) is 5.92 Å². The number of carbonyl (C=O) groups excluding carboxylic acids is 2. The van der Waals surface area contributed by atoms with E-state index in [9.17, 15) is 9.59 Å². The molecule has 3 rings (SSSR count). The second-order valence-electron chi connectivity index (χ2n) is 5.89. The van der Waals surface area contributed by atoms with Gasteiger partial charge in [-0.3, -0.25) is 9.59 Å². The Kier molecular flexibility index (Phi) is 5.52. The van der Waals surface area contributed by atoms with Gasteiger partial charge in [0.2, 0.25) is 5.91 Å². The van der Waals surface area contributed by atoms with Gasteiger partial charge in [0.25, 0.3) is 5.91 Å². The van der Waals surface area contributed by atoms with Crippen molar-refractivity contribution in [1.29, 1.82) is 0 Å². The first-order valence-electron chi connectivity index (χ1n) is 7.73. The van der Waals surface area contributed by atoms with Crippen molar-refractivity contribution in [2.45, 2.75) is 6.42 Å². The molecule has 1 N–H and O–H groups in total. The number of hydrogen-bond donors (Lipinski definition) is 1. The molecule has 0 radical (unpaired) electrons. The molecule has 1 unspecified atom stereocenters. The highest BCUT2D eigenvalue weighted by Crippen LogP contribution is 2.26. The molecule has 2 amide bonds. The fraction of sp³-hybridized carbons (Fsp3) is 0.222. The lowest BCUT2D eigenvalue weighted by Crippen LogP contribution is -2.31. The number of anilines is 1. The number of halogens is 3. The highest BCUT2D eigenvalue weighted by atomic mass is 35.5. The van der Waals surface area contributed by atoms with Crippen LogP contribution in [0.15, 0.2) is 42.5 Å². The summed E-state index contributed by atoms with van der Waals surface area (Å²) in [6.45, 7) is 0.947. The first kappa shape index (κ1) is 18.1. The molecule has 2 aromatic carbocycles. The lowest BCUT2D eigenvalue weighted by atomic mass is 10.1. The lowest BCUT2D eigenvalue weighted by molar-refractivity contribution is -0.117. The molecule has 25 heavy (non-hydrogen) atoms. The molecule has 0 spiro atoms. The van der Waals surface area contributed by atoms with Gasteiger partial charge >= 0.3 is 0 Å². The topological polar surface area (TPSA) is 49.4 Å². The smallest absolute Gasteiger partial charge is 0.252 e. The highest BCUT2D eigenvalue weighted by Gasteiger charge is 2.30. The molecule has 7 heteroatoms. The number of carbonyl (C=O) groups is 2. The highest BCUT2D eigenvalue weighted by molar-refractivity contribution is 6.36. The van der Waals surface area contributed by atoms with Gasteiger partial charge < -0.3 is 10.2 Å². The molecule has 0 saturated carbocycles. The van der Waals surface area contributed by atoms with Crippen molar-refractivity contribution in [3.8, 4) is 0 Å². The van der Waals surface area contributed by atoms with Crippen LogP contribution in [-0.2, 0) is 4.79 Å². The molecule has 1 aliphatic rings. The molecule has 1 fully saturated rings. The van der Waals surface area contributed by atoms with Gasteiger partial charge in [0, 0.05) is 41.2 Å². The zero-order valence-corrected chi connectivity index (χ0v) is 15.4. The molecule has 2 aromatic rings. The summed E-state index contributed by atoms with van der Waals surface area (Å²) in [5.74, 6) is -0.205. The summed E-state index contributed by atoms with van der Waals surface area (Å²) in [6, 6.07) is 11.9. The van der Waals surface area contributed by atoms with Gasteiger partial charge in [0.05, 0.1) is 10.6 Å². The fourth-order valence-corrected chi connectivity index (χ4v) is 3.42. The normalized spacial score (nSPS) is 17.0. The molecule has 4 nitrogen and oxygen atoms in total. The zero-order valence-electron chi connectivity index (χ0n) is 13.1. The van der Waals surface area contributed by atoms with Gasteiger partial charge in [-0.1, -0.05) is 34.8 Å². The van der Waals surface area contributed by atoms with E-state index in [2.05, 4.69) is 5.32 Å². The van der Waals surface area contributed by atoms with Crippen molar-refractivity contribution in [2.75, 3.05) is 18.0 Å². The summed E-state index contributed by atoms with van der Waals surface area (Å²) < 4.78 is 0. The standard InChI is InChI=1S/C18H15Cl3N2O2/c19-12-1-4-14(5-2-12)23-10-11(7-17(23)24)9-22-18(25)15-6-3-13(20)8-16(15)21/h1-6,8,11H,7,9-10H2,(H,22,25). The third kappa shape index (κ3) is 4.27. The quantitative estimate of drug-likeness (QED) is 0.829. The molecule has 1 heterocycles. The third-order valence-electron chi connectivity index (χ3n) is 4.07. The number of nitrogens with zero attached hydrogens (tertiary/aromatic N) is 1. The van der Waals surface area contributed by atoms with Crippen molar-refractivity contribution in [3.63, 3.8) is 0 Å². The number of nitrogens with one attached hydrogen (secondary N) is 1. The van der Waals surface area contributed by atoms with E-state index in [0.29, 0.717) is 40.1 Å². The number of benzene rings is 2. The van der Waals surface area contributed by atoms with E-state index in [1.165, 1.54) is 6.07 Å². The number of amides is 2. The molecule has 0 bridgehead atoms. The second-order valence-corrected chi connectivity index (χ2v) is 7.17. The fourth-order valence-electron chi connectivity index (χ4n) is 2.79. The van der Waals surface area contributed by atoms with Crippen LogP contribution in [0.1, 0.15) is 16.8 Å². The summed E-state index contributed by atoms with van der Waals surface area (Å²) in [5, 5.41) is 4.24. The summed E-state index contributed by atoms with van der Waals surface area (Å²) in [7, 11) is 0. The minimum absolute atomic E-state index is 0.0334. The van der Waals surface area contributed by atoms with E-state index in [1.54, 1.807) is 29.2 Å². The average Bonchev–Trinajstić information content (AvgIpc) is 2.94. The molecule has 1 saturated heterocycles. The van der Waals surface area contributed by atoms with Gasteiger partial charge in [0.15, 0.2) is 0 Å². The first-order chi connectivity index (χ1) is 11.9. The van der Waals surface area contributed by atoms with Crippen LogP contribution in [-0.4, -0.2) is 24.9 Å². The molecular weight excluding hydrogens is 383 g/mol. The Hall–Kier alpha value is -1.75. The van der Waals surface area contributed by atoms with Crippen LogP contribution >= 0.6 is 34.8 Å². The maximum Gasteiger partial charge on any atom is 0.252 e. The first-order valence-corrected chi connectivity index (χ1v) is 8.86. The van der Waals surface area contributed by atoms with Crippen LogP contribution in [0.2, 0.25) is 15.1 Å². The SMILES string of the molecule is O=C(NCC1CC(=O)N(c2ccc(Cl)cc2)C1)c1ccc(Cl)cc1Cl. The molecular formula is C18H15Cl3N2O2. The Morgan fingerprint density at radius 1 is 1.08 bits per heavy atom. The molecule has 1 aliphatic heterocycles. The predicted octanol–water partition coefficient (Wildman–Crippen LogP) is 4.43. The van der Waals surface area contributed by atoms with Crippen molar-refractivity contribution >= 4 is 52.3 Å². The second kappa shape index (κ2) is 7.65. The van der Waals surface area contributed by atoms with E-state index in [4.69, 9.17) is 34.8 Å². The maximum atomic E-state index is 12.3. The Bertz CT molecular complexity index is 808. The van der Waals surface area contributed by atoms with Gasteiger partial charge in [-0.15, -0.1) is 0 Å². The molecule has 0 aromatic heterocycles. The minimum atomic E-state index is -0.279. The van der Waals surface area contributed by atoms with Crippen LogP contribution in [0.3, 0.4) is 0 Å². The van der Waals surface area contributed by atoms with Crippen molar-refractivity contribution in [1.82, 2.24) is 5.32 Å². The van der Waals surface area contributed by atoms with Crippen LogP contribution in [0.25, 0.3) is 0 Å². The van der Waals surface area contributed by atoms with E-state index in [0.717, 1.165) is 5.69 Å². The van der Waals surface area contributed by atoms with Crippen molar-refractivity contribution in [3.05, 3.63) is 63.1 Å². The molecule has 130 valence electrons. The van der Waals surface area contributed by atoms with Crippen molar-refractivity contribution < 1.29 is 9.59 Å². The van der Waals surface area contributed by atoms with E-state index in [-0.39, 0.29) is 17.7 Å². The van der Waals surface area contributed by atoms with Crippen LogP contribution in [0.5, 0.6) is 0 Å². The number of hydrogen-bond acceptors (Lipinski definition) is 2. The number of rotatable bonds is 4. The Balaban J connectivity index is 1.60. The summed E-state index contributed by atoms with van der Waals surface area (Å²) in [6.07, 6.45) is 0.386. The molecule has 1 atom stereocenters. The van der Waals surface area contributed by atoms with Gasteiger partial charge in [-0.05, 0) is 42.5 Å². The average molecular weight is 398 g/mol. The Morgan fingerprint density at radius 3 is 2.44 bits per heavy atom. The van der Waals surface area contributed by atoms with Gasteiger partial charge in [-0.25, -0.2) is 0 Å². The van der Waals surface area contributed by atoms with Gasteiger partial charge in [-0.2, -0.15) is 0 Å². The van der Waals surface area contributed by atoms with Crippen molar-refractivity contribution in [2.24, 2.45) is 5.92 Å². The van der Waals surface area contributed by atoms with Crippen LogP contribution < -0.4 is 10.2 Å². The maximum absolute atomic E-state index is 12.3. The summed E-state index contributed by atoms with van der Waals surface area (Å²) in [5.41, 5.74) is 1.17. The minimum Gasteiger partial charge on any atom is -0.352 e. The lowest BCUT2D eigenvalue weighted by Gasteiger charge is -2.17. The third-order valence-corrected chi connectivity index (χ3v) is 4.87. The Labute approximate surface area is 160 Å². The van der Waals surface area contributed by atoms with Gasteiger partial charge in [0.1, 0.15) is 0 Å². The summed E-state index contributed by atoms with van der Waals surface area (Å²) in [4.78, 5) is 26.2. The largest absolute Gasteiger partial charge is 0.352 e. The zero-order chi connectivity index (χ0) is 18.0. The van der Waals surface area contributed by atoms with E-state index < -0.39 is 0 Å². The van der Waals surface area contributed by atoms with E-state index >= 15 is 0 Å². The predicted molar refractivity (Wildman–Crippen MR) is 101 cm³/mol. The van der Waals surface area contributed by atoms with Crippen LogP contribution in [0.4, 0.5) is 5.69 Å². The monoisotopic (exact) mass is 396 g/mol. The summed E-state index contributed by atoms with van der Waals surface area (Å²) >= 11 is 17.8.